The topological polar surface area (TPSA) is 26.8 Å². The number of rotatable bonds is 5. The SMILES string of the molecule is CN(C)CCN1C(=O)CC[C@]12CCCN(Cc1ccsc1)CC2. The molecule has 5 heteroatoms. The number of hydrogen-bond donors (Lipinski definition) is 0. The Hall–Kier alpha value is -0.910. The standard InChI is InChI=1S/C18H29N3OS/c1-19(2)11-12-21-17(22)4-7-18(21)6-3-9-20(10-8-18)14-16-5-13-23-15-16/h5,13,15H,3-4,6-12,14H2,1-2H3/t18-/m0/s1. The fourth-order valence-electron chi connectivity index (χ4n) is 4.09. The quantitative estimate of drug-likeness (QED) is 0.828. The second kappa shape index (κ2) is 7.32. The first kappa shape index (κ1) is 16.9. The largest absolute Gasteiger partial charge is 0.336 e. The van der Waals surface area contributed by atoms with E-state index in [2.05, 4.69) is 45.6 Å². The molecule has 0 saturated carbocycles. The number of nitrogens with zero attached hydrogens (tertiary/aromatic N) is 3. The number of carbonyl (C=O) groups excluding carboxylic acids is 1. The highest BCUT2D eigenvalue weighted by Gasteiger charge is 2.45. The van der Waals surface area contributed by atoms with Crippen molar-refractivity contribution in [3.05, 3.63) is 22.4 Å². The summed E-state index contributed by atoms with van der Waals surface area (Å²) in [7, 11) is 4.17. The van der Waals surface area contributed by atoms with Crippen LogP contribution in [0.2, 0.25) is 0 Å². The van der Waals surface area contributed by atoms with E-state index in [-0.39, 0.29) is 5.54 Å². The van der Waals surface area contributed by atoms with E-state index in [4.69, 9.17) is 0 Å². The summed E-state index contributed by atoms with van der Waals surface area (Å²) in [5.74, 6) is 0.373. The van der Waals surface area contributed by atoms with Gasteiger partial charge in [-0.15, -0.1) is 0 Å². The van der Waals surface area contributed by atoms with E-state index >= 15 is 0 Å². The van der Waals surface area contributed by atoms with Crippen LogP contribution in [-0.4, -0.2) is 66.4 Å². The first-order chi connectivity index (χ1) is 11.1. The molecule has 1 atom stereocenters. The van der Waals surface area contributed by atoms with Gasteiger partial charge in [0, 0.05) is 38.1 Å². The Morgan fingerprint density at radius 1 is 1.26 bits per heavy atom. The fraction of sp³-hybridized carbons (Fsp3) is 0.722. The van der Waals surface area contributed by atoms with Gasteiger partial charge in [0.05, 0.1) is 0 Å². The van der Waals surface area contributed by atoms with E-state index < -0.39 is 0 Å². The summed E-state index contributed by atoms with van der Waals surface area (Å²) in [6.45, 7) is 5.18. The van der Waals surface area contributed by atoms with E-state index in [1.165, 1.54) is 18.4 Å². The first-order valence-corrected chi connectivity index (χ1v) is 9.72. The molecule has 1 spiro atoms. The fourth-order valence-corrected chi connectivity index (χ4v) is 4.75. The van der Waals surface area contributed by atoms with Crippen molar-refractivity contribution in [1.82, 2.24) is 14.7 Å². The molecule has 3 rings (SSSR count). The van der Waals surface area contributed by atoms with Crippen LogP contribution < -0.4 is 0 Å². The van der Waals surface area contributed by atoms with Gasteiger partial charge >= 0.3 is 0 Å². The lowest BCUT2D eigenvalue weighted by Crippen LogP contribution is -2.48. The zero-order chi connectivity index (χ0) is 16.3. The number of likely N-dealkylation sites (tertiary alicyclic amines) is 2. The molecule has 2 aliphatic rings. The Balaban J connectivity index is 1.63. The number of hydrogen-bond acceptors (Lipinski definition) is 4. The third kappa shape index (κ3) is 3.95. The molecule has 23 heavy (non-hydrogen) atoms. The van der Waals surface area contributed by atoms with Crippen molar-refractivity contribution >= 4 is 17.2 Å². The van der Waals surface area contributed by atoms with Crippen LogP contribution in [0.1, 0.15) is 37.7 Å². The molecular weight excluding hydrogens is 306 g/mol. The van der Waals surface area contributed by atoms with E-state index in [1.54, 1.807) is 11.3 Å². The molecule has 0 aliphatic carbocycles. The average molecular weight is 336 g/mol. The summed E-state index contributed by atoms with van der Waals surface area (Å²) in [5.41, 5.74) is 1.56. The van der Waals surface area contributed by atoms with Gasteiger partial charge in [-0.2, -0.15) is 11.3 Å². The maximum Gasteiger partial charge on any atom is 0.223 e. The van der Waals surface area contributed by atoms with Gasteiger partial charge in [-0.1, -0.05) is 0 Å². The third-order valence-electron chi connectivity index (χ3n) is 5.44. The summed E-state index contributed by atoms with van der Waals surface area (Å²) in [6.07, 6.45) is 5.32. The average Bonchev–Trinajstić information content (AvgIpc) is 3.06. The Kier molecular flexibility index (Phi) is 5.39. The first-order valence-electron chi connectivity index (χ1n) is 8.78. The van der Waals surface area contributed by atoms with Crippen LogP contribution in [0.3, 0.4) is 0 Å². The van der Waals surface area contributed by atoms with Gasteiger partial charge < -0.3 is 9.80 Å². The van der Waals surface area contributed by atoms with Crippen molar-refractivity contribution in [3.8, 4) is 0 Å². The normalized spacial score (nSPS) is 26.4. The van der Waals surface area contributed by atoms with Crippen molar-refractivity contribution in [2.24, 2.45) is 0 Å². The highest BCUT2D eigenvalue weighted by atomic mass is 32.1. The van der Waals surface area contributed by atoms with Crippen LogP contribution in [0.4, 0.5) is 0 Å². The van der Waals surface area contributed by atoms with Crippen molar-refractivity contribution in [3.63, 3.8) is 0 Å². The van der Waals surface area contributed by atoms with Gasteiger partial charge in [0.2, 0.25) is 5.91 Å². The van der Waals surface area contributed by atoms with E-state index in [0.29, 0.717) is 5.91 Å². The molecule has 1 aromatic rings. The smallest absolute Gasteiger partial charge is 0.223 e. The summed E-state index contributed by atoms with van der Waals surface area (Å²) in [4.78, 5) is 19.4. The maximum atomic E-state index is 12.4. The maximum absolute atomic E-state index is 12.4. The summed E-state index contributed by atoms with van der Waals surface area (Å²) >= 11 is 1.78. The summed E-state index contributed by atoms with van der Waals surface area (Å²) < 4.78 is 0. The molecule has 0 radical (unpaired) electrons. The van der Waals surface area contributed by atoms with Crippen LogP contribution in [0.25, 0.3) is 0 Å². The highest BCUT2D eigenvalue weighted by Crippen LogP contribution is 2.39. The van der Waals surface area contributed by atoms with E-state index in [1.807, 2.05) is 0 Å². The lowest BCUT2D eigenvalue weighted by atomic mass is 9.87. The van der Waals surface area contributed by atoms with Crippen LogP contribution in [0.15, 0.2) is 16.8 Å². The van der Waals surface area contributed by atoms with Crippen LogP contribution >= 0.6 is 11.3 Å². The molecule has 0 unspecified atom stereocenters. The van der Waals surface area contributed by atoms with E-state index in [9.17, 15) is 4.79 Å². The molecule has 1 amide bonds. The minimum absolute atomic E-state index is 0.135. The Bertz CT molecular complexity index is 516. The summed E-state index contributed by atoms with van der Waals surface area (Å²) in [5, 5.41) is 4.41. The minimum atomic E-state index is 0.135. The zero-order valence-corrected chi connectivity index (χ0v) is 15.3. The molecule has 2 fully saturated rings. The van der Waals surface area contributed by atoms with E-state index in [0.717, 1.165) is 52.0 Å². The number of thiophene rings is 1. The van der Waals surface area contributed by atoms with Gasteiger partial charge in [0.1, 0.15) is 0 Å². The molecule has 3 heterocycles. The van der Waals surface area contributed by atoms with Gasteiger partial charge in [-0.3, -0.25) is 9.69 Å². The van der Waals surface area contributed by atoms with Gasteiger partial charge in [0.15, 0.2) is 0 Å². The third-order valence-corrected chi connectivity index (χ3v) is 6.18. The van der Waals surface area contributed by atoms with Crippen LogP contribution in [0.5, 0.6) is 0 Å². The van der Waals surface area contributed by atoms with Crippen molar-refractivity contribution in [1.29, 1.82) is 0 Å². The molecule has 1 aromatic heterocycles. The number of amides is 1. The van der Waals surface area contributed by atoms with Crippen LogP contribution in [-0.2, 0) is 11.3 Å². The molecule has 0 N–H and O–H groups in total. The van der Waals surface area contributed by atoms with Crippen molar-refractivity contribution < 1.29 is 4.79 Å². The molecule has 0 aromatic carbocycles. The molecule has 2 saturated heterocycles. The molecule has 128 valence electrons. The predicted octanol–water partition coefficient (Wildman–Crippen LogP) is 2.66. The molecule has 0 bridgehead atoms. The Morgan fingerprint density at radius 2 is 2.13 bits per heavy atom. The summed E-state index contributed by atoms with van der Waals surface area (Å²) in [6, 6.07) is 2.23. The van der Waals surface area contributed by atoms with Gasteiger partial charge in [-0.25, -0.2) is 0 Å². The number of likely N-dealkylation sites (N-methyl/N-ethyl adjacent to an activating group) is 1. The second-order valence-electron chi connectivity index (χ2n) is 7.33. The lowest BCUT2D eigenvalue weighted by Gasteiger charge is -2.39. The highest BCUT2D eigenvalue weighted by molar-refractivity contribution is 7.07. The van der Waals surface area contributed by atoms with Crippen molar-refractivity contribution in [2.45, 2.75) is 44.2 Å². The number of carbonyl (C=O) groups is 1. The Labute approximate surface area is 144 Å². The monoisotopic (exact) mass is 335 g/mol. The lowest BCUT2D eigenvalue weighted by molar-refractivity contribution is -0.131. The van der Waals surface area contributed by atoms with Crippen molar-refractivity contribution in [2.75, 3.05) is 40.3 Å². The van der Waals surface area contributed by atoms with Gasteiger partial charge in [0.25, 0.3) is 0 Å². The van der Waals surface area contributed by atoms with Gasteiger partial charge in [-0.05, 0) is 68.7 Å². The molecule has 2 aliphatic heterocycles. The molecule has 4 nitrogen and oxygen atoms in total. The molecular formula is C18H29N3OS. The van der Waals surface area contributed by atoms with Crippen LogP contribution in [0, 0.1) is 0 Å². The predicted molar refractivity (Wildman–Crippen MR) is 95.7 cm³/mol. The Morgan fingerprint density at radius 3 is 2.87 bits per heavy atom. The zero-order valence-electron chi connectivity index (χ0n) is 14.5. The minimum Gasteiger partial charge on any atom is -0.336 e. The second-order valence-corrected chi connectivity index (χ2v) is 8.11.